The third-order valence-corrected chi connectivity index (χ3v) is 7.57. The lowest BCUT2D eigenvalue weighted by atomic mass is 9.98. The molecule has 7 heteroatoms. The van der Waals surface area contributed by atoms with E-state index in [1.807, 2.05) is 0 Å². The Hall–Kier alpha value is -1.34. The first-order valence-electron chi connectivity index (χ1n) is 10.4. The zero-order chi connectivity index (χ0) is 20.1. The topological polar surface area (TPSA) is 74.8 Å². The van der Waals surface area contributed by atoms with E-state index in [1.165, 1.54) is 42.3 Å². The molecule has 0 aromatic carbocycles. The average Bonchev–Trinajstić information content (AvgIpc) is 2.83. The van der Waals surface area contributed by atoms with Crippen LogP contribution in [-0.2, 0) is 11.2 Å². The van der Waals surface area contributed by atoms with Gasteiger partial charge in [-0.25, -0.2) is 4.98 Å². The Labute approximate surface area is 175 Å². The number of H-pyrrole nitrogens is 1. The van der Waals surface area contributed by atoms with Gasteiger partial charge in [-0.3, -0.25) is 9.59 Å². The number of thioether (sulfide) groups is 1. The van der Waals surface area contributed by atoms with Crippen LogP contribution in [0.4, 0.5) is 0 Å². The quantitative estimate of drug-likeness (QED) is 0.382. The minimum atomic E-state index is -0.0840. The SMILES string of the molecule is CC[C@@H](C)Cc1c(C)sc2nc(SCC(=O)NC3CCCCCC3)[nH]c(=O)c12. The van der Waals surface area contributed by atoms with E-state index in [1.54, 1.807) is 11.3 Å². The fourth-order valence-corrected chi connectivity index (χ4v) is 5.57. The molecule has 2 heterocycles. The number of hydrogen-bond acceptors (Lipinski definition) is 5. The molecule has 1 aliphatic carbocycles. The summed E-state index contributed by atoms with van der Waals surface area (Å²) in [5.41, 5.74) is 1.05. The summed E-state index contributed by atoms with van der Waals surface area (Å²) in [6.07, 6.45) is 9.07. The lowest BCUT2D eigenvalue weighted by molar-refractivity contribution is -0.119. The van der Waals surface area contributed by atoms with Crippen molar-refractivity contribution >= 4 is 39.2 Å². The first-order chi connectivity index (χ1) is 13.5. The Kier molecular flexibility index (Phi) is 7.57. The summed E-state index contributed by atoms with van der Waals surface area (Å²) < 4.78 is 0. The van der Waals surface area contributed by atoms with Crippen LogP contribution in [0.5, 0.6) is 0 Å². The van der Waals surface area contributed by atoms with Gasteiger partial charge in [0.25, 0.3) is 5.56 Å². The number of carbonyl (C=O) groups excluding carboxylic acids is 1. The molecule has 1 saturated carbocycles. The normalized spacial score (nSPS) is 16.8. The summed E-state index contributed by atoms with van der Waals surface area (Å²) in [6, 6.07) is 0.299. The predicted octanol–water partition coefficient (Wildman–Crippen LogP) is 4.81. The summed E-state index contributed by atoms with van der Waals surface area (Å²) in [4.78, 5) is 34.5. The molecule has 1 fully saturated rings. The van der Waals surface area contributed by atoms with Gasteiger partial charge >= 0.3 is 0 Å². The number of aromatic nitrogens is 2. The van der Waals surface area contributed by atoms with E-state index in [-0.39, 0.29) is 17.2 Å². The fourth-order valence-electron chi connectivity index (χ4n) is 3.79. The summed E-state index contributed by atoms with van der Waals surface area (Å²) >= 11 is 2.89. The Morgan fingerprint density at radius 1 is 1.32 bits per heavy atom. The van der Waals surface area contributed by atoms with Crippen molar-refractivity contribution in [3.05, 3.63) is 20.8 Å². The zero-order valence-electron chi connectivity index (χ0n) is 17.1. The van der Waals surface area contributed by atoms with E-state index in [4.69, 9.17) is 0 Å². The summed E-state index contributed by atoms with van der Waals surface area (Å²) in [5.74, 6) is 0.853. The van der Waals surface area contributed by atoms with Gasteiger partial charge in [-0.1, -0.05) is 57.7 Å². The van der Waals surface area contributed by atoms with E-state index in [2.05, 4.69) is 36.1 Å². The van der Waals surface area contributed by atoms with Crippen LogP contribution in [0.25, 0.3) is 10.2 Å². The highest BCUT2D eigenvalue weighted by molar-refractivity contribution is 7.99. The average molecular weight is 422 g/mol. The molecule has 1 amide bonds. The Balaban J connectivity index is 1.67. The van der Waals surface area contributed by atoms with Gasteiger partial charge in [0.15, 0.2) is 5.16 Å². The van der Waals surface area contributed by atoms with Gasteiger partial charge in [-0.2, -0.15) is 0 Å². The van der Waals surface area contributed by atoms with Gasteiger partial charge in [0, 0.05) is 10.9 Å². The van der Waals surface area contributed by atoms with Crippen LogP contribution < -0.4 is 10.9 Å². The van der Waals surface area contributed by atoms with E-state index in [0.717, 1.165) is 41.5 Å². The second-order valence-electron chi connectivity index (χ2n) is 7.95. The molecule has 0 spiro atoms. The van der Waals surface area contributed by atoms with Crippen molar-refractivity contribution in [3.8, 4) is 0 Å². The maximum Gasteiger partial charge on any atom is 0.260 e. The molecule has 0 aliphatic heterocycles. The van der Waals surface area contributed by atoms with Crippen molar-refractivity contribution < 1.29 is 4.79 Å². The molecule has 28 heavy (non-hydrogen) atoms. The van der Waals surface area contributed by atoms with Gasteiger partial charge < -0.3 is 10.3 Å². The van der Waals surface area contributed by atoms with Crippen LogP contribution in [-0.4, -0.2) is 27.7 Å². The highest BCUT2D eigenvalue weighted by Crippen LogP contribution is 2.30. The van der Waals surface area contributed by atoms with Gasteiger partial charge in [0.2, 0.25) is 5.91 Å². The van der Waals surface area contributed by atoms with Crippen LogP contribution in [0.15, 0.2) is 9.95 Å². The lowest BCUT2D eigenvalue weighted by Gasteiger charge is -2.15. The predicted molar refractivity (Wildman–Crippen MR) is 118 cm³/mol. The van der Waals surface area contributed by atoms with Crippen molar-refractivity contribution in [3.63, 3.8) is 0 Å². The Morgan fingerprint density at radius 2 is 2.04 bits per heavy atom. The van der Waals surface area contributed by atoms with E-state index >= 15 is 0 Å². The zero-order valence-corrected chi connectivity index (χ0v) is 18.7. The number of aryl methyl sites for hydroxylation is 1. The summed E-state index contributed by atoms with van der Waals surface area (Å²) in [5, 5.41) is 4.41. The molecule has 2 aromatic heterocycles. The van der Waals surface area contributed by atoms with Gasteiger partial charge in [0.1, 0.15) is 4.83 Å². The molecule has 1 atom stereocenters. The number of hydrogen-bond donors (Lipinski definition) is 2. The molecular weight excluding hydrogens is 390 g/mol. The maximum absolute atomic E-state index is 12.7. The number of thiophene rings is 1. The van der Waals surface area contributed by atoms with Crippen molar-refractivity contribution in [2.45, 2.75) is 83.3 Å². The van der Waals surface area contributed by atoms with Crippen molar-refractivity contribution in [1.29, 1.82) is 0 Å². The summed E-state index contributed by atoms with van der Waals surface area (Å²) in [7, 11) is 0. The number of fused-ring (bicyclic) bond motifs is 1. The summed E-state index contributed by atoms with van der Waals surface area (Å²) in [6.45, 7) is 6.45. The number of aromatic amines is 1. The Bertz CT molecular complexity index is 866. The number of nitrogens with zero attached hydrogens (tertiary/aromatic N) is 1. The van der Waals surface area contributed by atoms with Crippen molar-refractivity contribution in [2.24, 2.45) is 5.92 Å². The van der Waals surface area contributed by atoms with E-state index in [0.29, 0.717) is 17.1 Å². The number of carbonyl (C=O) groups is 1. The van der Waals surface area contributed by atoms with Gasteiger partial charge in [0.05, 0.1) is 11.1 Å². The molecule has 154 valence electrons. The van der Waals surface area contributed by atoms with Gasteiger partial charge in [-0.15, -0.1) is 11.3 Å². The van der Waals surface area contributed by atoms with Crippen LogP contribution in [0, 0.1) is 12.8 Å². The first kappa shape index (κ1) is 21.4. The molecular formula is C21H31N3O2S2. The maximum atomic E-state index is 12.7. The number of amides is 1. The monoisotopic (exact) mass is 421 g/mol. The molecule has 0 unspecified atom stereocenters. The van der Waals surface area contributed by atoms with Crippen molar-refractivity contribution in [2.75, 3.05) is 5.75 Å². The minimum absolute atomic E-state index is 0.0273. The molecule has 3 rings (SSSR count). The second kappa shape index (κ2) is 9.92. The first-order valence-corrected chi connectivity index (χ1v) is 12.2. The highest BCUT2D eigenvalue weighted by Gasteiger charge is 2.18. The van der Waals surface area contributed by atoms with E-state index in [9.17, 15) is 9.59 Å². The van der Waals surface area contributed by atoms with Gasteiger partial charge in [-0.05, 0) is 37.7 Å². The molecule has 0 saturated heterocycles. The molecule has 0 radical (unpaired) electrons. The van der Waals surface area contributed by atoms with Crippen LogP contribution >= 0.6 is 23.1 Å². The molecule has 2 aromatic rings. The second-order valence-corrected chi connectivity index (χ2v) is 10.1. The number of nitrogens with one attached hydrogen (secondary N) is 2. The van der Waals surface area contributed by atoms with Crippen LogP contribution in [0.3, 0.4) is 0 Å². The largest absolute Gasteiger partial charge is 0.353 e. The highest BCUT2D eigenvalue weighted by atomic mass is 32.2. The lowest BCUT2D eigenvalue weighted by Crippen LogP contribution is -2.35. The van der Waals surface area contributed by atoms with Crippen LogP contribution in [0.1, 0.15) is 69.2 Å². The van der Waals surface area contributed by atoms with E-state index < -0.39 is 0 Å². The molecule has 2 N–H and O–H groups in total. The minimum Gasteiger partial charge on any atom is -0.353 e. The Morgan fingerprint density at radius 3 is 2.71 bits per heavy atom. The number of rotatable bonds is 7. The molecule has 1 aliphatic rings. The molecule has 5 nitrogen and oxygen atoms in total. The smallest absolute Gasteiger partial charge is 0.260 e. The third-order valence-electron chi connectivity index (χ3n) is 5.65. The van der Waals surface area contributed by atoms with Crippen LogP contribution in [0.2, 0.25) is 0 Å². The van der Waals surface area contributed by atoms with Crippen molar-refractivity contribution in [1.82, 2.24) is 15.3 Å². The molecule has 0 bridgehead atoms. The third kappa shape index (κ3) is 5.38. The standard InChI is InChI=1S/C21H31N3O2S2/c1-4-13(2)11-16-14(3)28-20-18(16)19(26)23-21(24-20)27-12-17(25)22-15-9-7-5-6-8-10-15/h13,15H,4-12H2,1-3H3,(H,22,25)(H,23,24,26)/t13-/m1/s1. The fraction of sp³-hybridized carbons (Fsp3) is 0.667.